The fraction of sp³-hybridized carbons (Fsp3) is 0.600. The van der Waals surface area contributed by atoms with Gasteiger partial charge in [0.15, 0.2) is 0 Å². The molecule has 1 aliphatic rings. The molecule has 0 amide bonds. The fourth-order valence-corrected chi connectivity index (χ4v) is 3.25. The van der Waals surface area contributed by atoms with Gasteiger partial charge in [0, 0.05) is 5.38 Å². The largest absolute Gasteiger partial charge is 0.123 e. The van der Waals surface area contributed by atoms with Gasteiger partial charge in [-0.15, -0.1) is 11.6 Å². The molecule has 0 bridgehead atoms. The first-order chi connectivity index (χ1) is 7.65. The van der Waals surface area contributed by atoms with Crippen molar-refractivity contribution < 1.29 is 0 Å². The Morgan fingerprint density at radius 3 is 2.31 bits per heavy atom. The monoisotopic (exact) mass is 236 g/mol. The smallest absolute Gasteiger partial charge is 0.0367 e. The van der Waals surface area contributed by atoms with Gasteiger partial charge in [0.1, 0.15) is 0 Å². The molecule has 0 aromatic heterocycles. The number of aryl methyl sites for hydroxylation is 2. The molecule has 88 valence electrons. The topological polar surface area (TPSA) is 0 Å². The van der Waals surface area contributed by atoms with Crippen molar-refractivity contribution in [3.8, 4) is 0 Å². The highest BCUT2D eigenvalue weighted by Crippen LogP contribution is 2.31. The molecule has 0 spiro atoms. The second-order valence-electron chi connectivity index (χ2n) is 5.26. The first kappa shape index (κ1) is 12.0. The normalized spacial score (nSPS) is 25.7. The summed E-state index contributed by atoms with van der Waals surface area (Å²) in [7, 11) is 0. The Labute approximate surface area is 104 Å². The minimum absolute atomic E-state index is 0.398. The molecule has 1 aromatic rings. The molecule has 2 unspecified atom stereocenters. The Balaban J connectivity index is 2.07. The van der Waals surface area contributed by atoms with Crippen LogP contribution < -0.4 is 0 Å². The van der Waals surface area contributed by atoms with Crippen LogP contribution in [0.4, 0.5) is 0 Å². The van der Waals surface area contributed by atoms with Crippen molar-refractivity contribution in [2.45, 2.75) is 51.3 Å². The van der Waals surface area contributed by atoms with Crippen LogP contribution in [0.15, 0.2) is 18.2 Å². The highest BCUT2D eigenvalue weighted by atomic mass is 35.5. The van der Waals surface area contributed by atoms with Crippen molar-refractivity contribution in [3.63, 3.8) is 0 Å². The third-order valence-corrected chi connectivity index (χ3v) is 4.17. The number of hydrogen-bond donors (Lipinski definition) is 0. The van der Waals surface area contributed by atoms with Crippen LogP contribution in [-0.2, 0) is 6.42 Å². The van der Waals surface area contributed by atoms with Gasteiger partial charge in [0.05, 0.1) is 0 Å². The summed E-state index contributed by atoms with van der Waals surface area (Å²) < 4.78 is 0. The Hall–Kier alpha value is -0.490. The zero-order chi connectivity index (χ0) is 11.5. The molecule has 1 aliphatic carbocycles. The maximum atomic E-state index is 6.41. The van der Waals surface area contributed by atoms with E-state index in [1.54, 1.807) is 0 Å². The molecular formula is C15H21Cl. The third kappa shape index (κ3) is 3.01. The predicted molar refractivity (Wildman–Crippen MR) is 71.2 cm³/mol. The lowest BCUT2D eigenvalue weighted by Gasteiger charge is -2.27. The van der Waals surface area contributed by atoms with Crippen LogP contribution in [0.3, 0.4) is 0 Å². The highest BCUT2D eigenvalue weighted by molar-refractivity contribution is 6.20. The highest BCUT2D eigenvalue weighted by Gasteiger charge is 2.23. The van der Waals surface area contributed by atoms with E-state index in [9.17, 15) is 0 Å². The summed E-state index contributed by atoms with van der Waals surface area (Å²) in [6.45, 7) is 4.35. The molecular weight excluding hydrogens is 216 g/mol. The molecule has 1 saturated carbocycles. The molecule has 2 rings (SSSR count). The summed E-state index contributed by atoms with van der Waals surface area (Å²) in [5.74, 6) is 0.691. The van der Waals surface area contributed by atoms with E-state index in [0.717, 1.165) is 6.42 Å². The lowest BCUT2D eigenvalue weighted by molar-refractivity contribution is 0.363. The molecule has 0 radical (unpaired) electrons. The zero-order valence-corrected chi connectivity index (χ0v) is 11.1. The van der Waals surface area contributed by atoms with Gasteiger partial charge in [-0.05, 0) is 44.6 Å². The fourth-order valence-electron chi connectivity index (χ4n) is 2.88. The molecule has 0 nitrogen and oxygen atoms in total. The molecule has 0 aliphatic heterocycles. The van der Waals surface area contributed by atoms with Crippen molar-refractivity contribution >= 4 is 11.6 Å². The van der Waals surface area contributed by atoms with Crippen molar-refractivity contribution in [3.05, 3.63) is 34.9 Å². The van der Waals surface area contributed by atoms with Crippen LogP contribution in [-0.4, -0.2) is 5.38 Å². The maximum Gasteiger partial charge on any atom is 0.0367 e. The molecule has 0 N–H and O–H groups in total. The zero-order valence-electron chi connectivity index (χ0n) is 10.3. The van der Waals surface area contributed by atoms with Gasteiger partial charge in [-0.2, -0.15) is 0 Å². The molecule has 16 heavy (non-hydrogen) atoms. The van der Waals surface area contributed by atoms with Gasteiger partial charge >= 0.3 is 0 Å². The maximum absolute atomic E-state index is 6.41. The minimum atomic E-state index is 0.398. The molecule has 1 aromatic carbocycles. The number of benzene rings is 1. The van der Waals surface area contributed by atoms with Crippen molar-refractivity contribution in [2.24, 2.45) is 5.92 Å². The first-order valence-electron chi connectivity index (χ1n) is 6.36. The van der Waals surface area contributed by atoms with Crippen LogP contribution in [0.2, 0.25) is 0 Å². The van der Waals surface area contributed by atoms with E-state index in [1.165, 1.54) is 42.4 Å². The number of alkyl halides is 1. The van der Waals surface area contributed by atoms with Crippen LogP contribution in [0.25, 0.3) is 0 Å². The van der Waals surface area contributed by atoms with E-state index in [0.29, 0.717) is 11.3 Å². The molecule has 2 atom stereocenters. The Bertz CT molecular complexity index is 336. The van der Waals surface area contributed by atoms with Gasteiger partial charge in [-0.25, -0.2) is 0 Å². The van der Waals surface area contributed by atoms with E-state index in [1.807, 2.05) is 0 Å². The average Bonchev–Trinajstić information content (AvgIpc) is 2.20. The lowest BCUT2D eigenvalue weighted by atomic mass is 9.84. The Morgan fingerprint density at radius 1 is 1.06 bits per heavy atom. The minimum Gasteiger partial charge on any atom is -0.123 e. The summed E-state index contributed by atoms with van der Waals surface area (Å²) >= 11 is 6.41. The van der Waals surface area contributed by atoms with Crippen LogP contribution in [0, 0.1) is 19.8 Å². The number of rotatable bonds is 2. The van der Waals surface area contributed by atoms with E-state index in [2.05, 4.69) is 32.0 Å². The van der Waals surface area contributed by atoms with Gasteiger partial charge in [-0.1, -0.05) is 42.2 Å². The molecule has 1 fully saturated rings. The van der Waals surface area contributed by atoms with Crippen molar-refractivity contribution in [1.82, 2.24) is 0 Å². The van der Waals surface area contributed by atoms with Crippen molar-refractivity contribution in [2.75, 3.05) is 0 Å². The van der Waals surface area contributed by atoms with Crippen LogP contribution in [0.1, 0.15) is 42.4 Å². The van der Waals surface area contributed by atoms with E-state index in [4.69, 9.17) is 11.6 Å². The van der Waals surface area contributed by atoms with Gasteiger partial charge in [0.2, 0.25) is 0 Å². The lowest BCUT2D eigenvalue weighted by Crippen LogP contribution is -2.21. The molecule has 0 saturated heterocycles. The quantitative estimate of drug-likeness (QED) is 0.656. The Kier molecular flexibility index (Phi) is 3.91. The van der Waals surface area contributed by atoms with Crippen molar-refractivity contribution in [1.29, 1.82) is 0 Å². The summed E-state index contributed by atoms with van der Waals surface area (Å²) in [6.07, 6.45) is 6.35. The average molecular weight is 237 g/mol. The van der Waals surface area contributed by atoms with E-state index >= 15 is 0 Å². The summed E-state index contributed by atoms with van der Waals surface area (Å²) in [5.41, 5.74) is 4.21. The summed E-state index contributed by atoms with van der Waals surface area (Å²) in [6, 6.07) is 6.86. The van der Waals surface area contributed by atoms with Crippen LogP contribution >= 0.6 is 11.6 Å². The standard InChI is InChI=1S/C15H21Cl/c1-11-7-12(2)9-13(8-11)10-14-5-3-4-6-15(14)16/h7-9,14-15H,3-6,10H2,1-2H3. The number of hydrogen-bond acceptors (Lipinski definition) is 0. The molecule has 1 heteroatoms. The third-order valence-electron chi connectivity index (χ3n) is 3.60. The predicted octanol–water partition coefficient (Wildman–Crippen LogP) is 4.64. The Morgan fingerprint density at radius 2 is 1.69 bits per heavy atom. The van der Waals surface area contributed by atoms with Gasteiger partial charge in [0.25, 0.3) is 0 Å². The SMILES string of the molecule is Cc1cc(C)cc(CC2CCCCC2Cl)c1. The van der Waals surface area contributed by atoms with Gasteiger partial charge < -0.3 is 0 Å². The van der Waals surface area contributed by atoms with Gasteiger partial charge in [-0.3, -0.25) is 0 Å². The van der Waals surface area contributed by atoms with Crippen LogP contribution in [0.5, 0.6) is 0 Å². The molecule has 0 heterocycles. The first-order valence-corrected chi connectivity index (χ1v) is 6.80. The van der Waals surface area contributed by atoms with E-state index < -0.39 is 0 Å². The van der Waals surface area contributed by atoms with E-state index in [-0.39, 0.29) is 0 Å². The summed E-state index contributed by atoms with van der Waals surface area (Å²) in [5, 5.41) is 0.398. The summed E-state index contributed by atoms with van der Waals surface area (Å²) in [4.78, 5) is 0. The second kappa shape index (κ2) is 5.23. The second-order valence-corrected chi connectivity index (χ2v) is 5.82. The number of halogens is 1.